The summed E-state index contributed by atoms with van der Waals surface area (Å²) in [5.74, 6) is 0.848. The lowest BCUT2D eigenvalue weighted by Crippen LogP contribution is -2.22. The van der Waals surface area contributed by atoms with Gasteiger partial charge in [0.25, 0.3) is 0 Å². The Morgan fingerprint density at radius 1 is 1.40 bits per heavy atom. The van der Waals surface area contributed by atoms with Crippen LogP contribution in [0.1, 0.15) is 35.9 Å². The molecule has 1 fully saturated rings. The van der Waals surface area contributed by atoms with Crippen LogP contribution in [0.4, 0.5) is 5.00 Å². The summed E-state index contributed by atoms with van der Waals surface area (Å²) in [6, 6.07) is 3.99. The van der Waals surface area contributed by atoms with E-state index in [1.807, 2.05) is 6.07 Å². The highest BCUT2D eigenvalue weighted by Gasteiger charge is 2.15. The third-order valence-electron chi connectivity index (χ3n) is 3.06. The van der Waals surface area contributed by atoms with E-state index in [0.717, 1.165) is 30.2 Å². The minimum absolute atomic E-state index is 0.835. The number of rotatable bonds is 2. The summed E-state index contributed by atoms with van der Waals surface area (Å²) >= 11 is 1.61. The molecule has 2 nitrogen and oxygen atoms in total. The van der Waals surface area contributed by atoms with Gasteiger partial charge in [-0.15, -0.1) is 11.3 Å². The molecule has 15 heavy (non-hydrogen) atoms. The van der Waals surface area contributed by atoms with Gasteiger partial charge in [0, 0.05) is 13.1 Å². The molecular formula is C12H17NOS. The molecule has 1 atom stereocenters. The second-order valence-corrected chi connectivity index (χ2v) is 5.41. The van der Waals surface area contributed by atoms with Gasteiger partial charge in [-0.25, -0.2) is 0 Å². The van der Waals surface area contributed by atoms with Crippen LogP contribution in [-0.2, 0) is 0 Å². The van der Waals surface area contributed by atoms with E-state index < -0.39 is 0 Å². The van der Waals surface area contributed by atoms with Crippen LogP contribution >= 0.6 is 11.3 Å². The summed E-state index contributed by atoms with van der Waals surface area (Å²) in [7, 11) is 0. The fourth-order valence-electron chi connectivity index (χ4n) is 2.06. The molecule has 0 saturated carbocycles. The zero-order chi connectivity index (χ0) is 10.7. The molecular weight excluding hydrogens is 206 g/mol. The van der Waals surface area contributed by atoms with Crippen LogP contribution in [-0.4, -0.2) is 19.4 Å². The molecule has 3 heteroatoms. The highest BCUT2D eigenvalue weighted by molar-refractivity contribution is 7.17. The van der Waals surface area contributed by atoms with Gasteiger partial charge in [0.05, 0.1) is 9.88 Å². The quantitative estimate of drug-likeness (QED) is 0.718. The largest absolute Gasteiger partial charge is 0.363 e. The van der Waals surface area contributed by atoms with Crippen molar-refractivity contribution in [3.63, 3.8) is 0 Å². The van der Waals surface area contributed by atoms with Crippen molar-refractivity contribution in [2.45, 2.75) is 26.2 Å². The topological polar surface area (TPSA) is 20.3 Å². The van der Waals surface area contributed by atoms with Crippen LogP contribution in [0.25, 0.3) is 0 Å². The van der Waals surface area contributed by atoms with Crippen molar-refractivity contribution in [2.75, 3.05) is 18.0 Å². The normalized spacial score (nSPS) is 22.5. The maximum Gasteiger partial charge on any atom is 0.160 e. The predicted molar refractivity (Wildman–Crippen MR) is 64.9 cm³/mol. The number of hydrogen-bond donors (Lipinski definition) is 0. The zero-order valence-corrected chi connectivity index (χ0v) is 9.93. The highest BCUT2D eigenvalue weighted by atomic mass is 32.1. The van der Waals surface area contributed by atoms with Gasteiger partial charge in [0.2, 0.25) is 0 Å². The van der Waals surface area contributed by atoms with E-state index >= 15 is 0 Å². The Hall–Kier alpha value is -0.830. The van der Waals surface area contributed by atoms with Crippen LogP contribution in [0.15, 0.2) is 12.1 Å². The number of carbonyl (C=O) groups is 1. The molecule has 0 radical (unpaired) electrons. The number of nitrogens with zero attached hydrogens (tertiary/aromatic N) is 1. The van der Waals surface area contributed by atoms with E-state index in [2.05, 4.69) is 17.9 Å². The Morgan fingerprint density at radius 3 is 3.00 bits per heavy atom. The average Bonchev–Trinajstić information content (AvgIpc) is 2.62. The van der Waals surface area contributed by atoms with E-state index in [1.54, 1.807) is 11.3 Å². The van der Waals surface area contributed by atoms with Gasteiger partial charge in [-0.2, -0.15) is 0 Å². The van der Waals surface area contributed by atoms with E-state index in [9.17, 15) is 4.79 Å². The standard InChI is InChI=1S/C12H17NOS/c1-10-3-2-7-13(8-6-10)12-5-4-11(9-14)15-12/h4-5,9-10H,2-3,6-8H2,1H3. The van der Waals surface area contributed by atoms with Crippen molar-refractivity contribution in [1.29, 1.82) is 0 Å². The van der Waals surface area contributed by atoms with Gasteiger partial charge in [-0.1, -0.05) is 6.92 Å². The fourth-order valence-corrected chi connectivity index (χ4v) is 2.93. The second-order valence-electron chi connectivity index (χ2n) is 4.32. The van der Waals surface area contributed by atoms with Gasteiger partial charge < -0.3 is 4.90 Å². The SMILES string of the molecule is CC1CCCN(c2ccc(C=O)s2)CC1. The predicted octanol–water partition coefficient (Wildman–Crippen LogP) is 3.19. The van der Waals surface area contributed by atoms with Crippen molar-refractivity contribution < 1.29 is 4.79 Å². The molecule has 0 aliphatic carbocycles. The first-order chi connectivity index (χ1) is 7.29. The summed E-state index contributed by atoms with van der Waals surface area (Å²) in [5.41, 5.74) is 0. The van der Waals surface area contributed by atoms with Crippen molar-refractivity contribution in [1.82, 2.24) is 0 Å². The molecule has 1 aliphatic heterocycles. The Morgan fingerprint density at radius 2 is 2.27 bits per heavy atom. The molecule has 1 saturated heterocycles. The van der Waals surface area contributed by atoms with Gasteiger partial charge >= 0.3 is 0 Å². The smallest absolute Gasteiger partial charge is 0.160 e. The molecule has 2 heterocycles. The minimum Gasteiger partial charge on any atom is -0.363 e. The van der Waals surface area contributed by atoms with Crippen molar-refractivity contribution in [2.24, 2.45) is 5.92 Å². The first-order valence-corrected chi connectivity index (χ1v) is 6.41. The summed E-state index contributed by atoms with van der Waals surface area (Å²) in [4.78, 5) is 13.9. The van der Waals surface area contributed by atoms with Crippen LogP contribution in [0.3, 0.4) is 0 Å². The number of carbonyl (C=O) groups excluding carboxylic acids is 1. The second kappa shape index (κ2) is 4.79. The first kappa shape index (κ1) is 10.7. The number of aldehydes is 1. The fraction of sp³-hybridized carbons (Fsp3) is 0.583. The molecule has 0 N–H and O–H groups in total. The maximum atomic E-state index is 10.6. The molecule has 1 unspecified atom stereocenters. The summed E-state index contributed by atoms with van der Waals surface area (Å²) in [6.07, 6.45) is 4.82. The van der Waals surface area contributed by atoms with Crippen LogP contribution < -0.4 is 4.90 Å². The van der Waals surface area contributed by atoms with Gasteiger partial charge in [0.1, 0.15) is 0 Å². The Labute approximate surface area is 94.9 Å². The van der Waals surface area contributed by atoms with Gasteiger partial charge in [-0.3, -0.25) is 4.79 Å². The van der Waals surface area contributed by atoms with Crippen LogP contribution in [0.5, 0.6) is 0 Å². The third-order valence-corrected chi connectivity index (χ3v) is 4.13. The number of anilines is 1. The van der Waals surface area contributed by atoms with Crippen molar-refractivity contribution in [3.05, 3.63) is 17.0 Å². The van der Waals surface area contributed by atoms with E-state index in [1.165, 1.54) is 24.3 Å². The minimum atomic E-state index is 0.835. The van der Waals surface area contributed by atoms with Gasteiger partial charge in [-0.05, 0) is 37.3 Å². The molecule has 0 aromatic carbocycles. The molecule has 1 aromatic heterocycles. The van der Waals surface area contributed by atoms with E-state index in [-0.39, 0.29) is 0 Å². The number of hydrogen-bond acceptors (Lipinski definition) is 3. The highest BCUT2D eigenvalue weighted by Crippen LogP contribution is 2.28. The Kier molecular flexibility index (Phi) is 3.41. The molecule has 0 amide bonds. The summed E-state index contributed by atoms with van der Waals surface area (Å²) < 4.78 is 0. The Balaban J connectivity index is 2.06. The van der Waals surface area contributed by atoms with Crippen molar-refractivity contribution >= 4 is 22.6 Å². The lowest BCUT2D eigenvalue weighted by Gasteiger charge is -2.20. The number of thiophene rings is 1. The van der Waals surface area contributed by atoms with E-state index in [0.29, 0.717) is 0 Å². The van der Waals surface area contributed by atoms with Crippen molar-refractivity contribution in [3.8, 4) is 0 Å². The van der Waals surface area contributed by atoms with Gasteiger partial charge in [0.15, 0.2) is 6.29 Å². The molecule has 82 valence electrons. The average molecular weight is 223 g/mol. The molecule has 2 rings (SSSR count). The molecule has 1 aromatic rings. The Bertz CT molecular complexity index is 334. The van der Waals surface area contributed by atoms with E-state index in [4.69, 9.17) is 0 Å². The van der Waals surface area contributed by atoms with Crippen LogP contribution in [0, 0.1) is 5.92 Å². The summed E-state index contributed by atoms with van der Waals surface area (Å²) in [6.45, 7) is 4.61. The third kappa shape index (κ3) is 2.59. The lowest BCUT2D eigenvalue weighted by molar-refractivity contribution is 0.112. The molecule has 0 bridgehead atoms. The zero-order valence-electron chi connectivity index (χ0n) is 9.11. The summed E-state index contributed by atoms with van der Waals surface area (Å²) in [5, 5.41) is 1.26. The maximum absolute atomic E-state index is 10.6. The first-order valence-electron chi connectivity index (χ1n) is 5.59. The molecule has 0 spiro atoms. The monoisotopic (exact) mass is 223 g/mol. The lowest BCUT2D eigenvalue weighted by atomic mass is 10.0. The van der Waals surface area contributed by atoms with Crippen LogP contribution in [0.2, 0.25) is 0 Å². The molecule has 1 aliphatic rings.